The van der Waals surface area contributed by atoms with Gasteiger partial charge in [0.25, 0.3) is 0 Å². The van der Waals surface area contributed by atoms with Crippen molar-refractivity contribution in [2.75, 3.05) is 11.9 Å². The van der Waals surface area contributed by atoms with Crippen LogP contribution in [0.5, 0.6) is 0 Å². The van der Waals surface area contributed by atoms with E-state index in [0.29, 0.717) is 6.54 Å². The van der Waals surface area contributed by atoms with Gasteiger partial charge in [-0.05, 0) is 6.92 Å². The van der Waals surface area contributed by atoms with Gasteiger partial charge >= 0.3 is 6.03 Å². The molecule has 0 unspecified atom stereocenters. The summed E-state index contributed by atoms with van der Waals surface area (Å²) in [5.41, 5.74) is 1.66. The highest BCUT2D eigenvalue weighted by Gasteiger charge is 2.21. The Bertz CT molecular complexity index is 363. The van der Waals surface area contributed by atoms with Crippen molar-refractivity contribution in [3.8, 4) is 0 Å². The molecular formula is C8H10N4O. The number of amides is 2. The molecule has 5 nitrogen and oxygen atoms in total. The van der Waals surface area contributed by atoms with E-state index in [4.69, 9.17) is 0 Å². The van der Waals surface area contributed by atoms with Crippen LogP contribution in [0.4, 0.5) is 10.5 Å². The molecule has 1 aliphatic heterocycles. The molecule has 0 saturated carbocycles. The van der Waals surface area contributed by atoms with Gasteiger partial charge in [-0.1, -0.05) is 0 Å². The van der Waals surface area contributed by atoms with Gasteiger partial charge in [-0.25, -0.2) is 14.8 Å². The number of hydrogen-bond acceptors (Lipinski definition) is 3. The van der Waals surface area contributed by atoms with E-state index < -0.39 is 0 Å². The minimum Gasteiger partial charge on any atom is -0.332 e. The van der Waals surface area contributed by atoms with Crippen LogP contribution in [0.15, 0.2) is 6.20 Å². The summed E-state index contributed by atoms with van der Waals surface area (Å²) in [5.74, 6) is 0.725. The molecule has 0 bridgehead atoms. The van der Waals surface area contributed by atoms with Gasteiger partial charge in [0.2, 0.25) is 0 Å². The van der Waals surface area contributed by atoms with Crippen molar-refractivity contribution in [3.63, 3.8) is 0 Å². The molecule has 5 heteroatoms. The number of aromatic nitrogens is 2. The first-order valence-electron chi connectivity index (χ1n) is 4.02. The summed E-state index contributed by atoms with van der Waals surface area (Å²) >= 11 is 0. The van der Waals surface area contributed by atoms with Crippen LogP contribution in [-0.4, -0.2) is 23.0 Å². The van der Waals surface area contributed by atoms with Gasteiger partial charge < -0.3 is 5.32 Å². The first-order valence-corrected chi connectivity index (χ1v) is 4.02. The Labute approximate surface area is 75.8 Å². The molecule has 1 aromatic rings. The van der Waals surface area contributed by atoms with E-state index in [1.54, 1.807) is 13.2 Å². The number of nitrogens with zero attached hydrogens (tertiary/aromatic N) is 3. The third-order valence-corrected chi connectivity index (χ3v) is 2.04. The minimum atomic E-state index is -0.111. The summed E-state index contributed by atoms with van der Waals surface area (Å²) < 4.78 is 0. The Morgan fingerprint density at radius 1 is 1.62 bits per heavy atom. The monoisotopic (exact) mass is 178 g/mol. The molecule has 1 aromatic heterocycles. The first kappa shape index (κ1) is 7.97. The van der Waals surface area contributed by atoms with Gasteiger partial charge in [0, 0.05) is 7.05 Å². The van der Waals surface area contributed by atoms with E-state index in [-0.39, 0.29) is 6.03 Å². The summed E-state index contributed by atoms with van der Waals surface area (Å²) in [6, 6.07) is -0.111. The maximum atomic E-state index is 11.2. The van der Waals surface area contributed by atoms with Crippen molar-refractivity contribution in [1.29, 1.82) is 0 Å². The highest BCUT2D eigenvalue weighted by atomic mass is 16.2. The lowest BCUT2D eigenvalue weighted by atomic mass is 10.2. The fourth-order valence-corrected chi connectivity index (χ4v) is 1.31. The third kappa shape index (κ3) is 1.22. The molecular weight excluding hydrogens is 168 g/mol. The highest BCUT2D eigenvalue weighted by molar-refractivity contribution is 5.93. The molecule has 13 heavy (non-hydrogen) atoms. The van der Waals surface area contributed by atoms with Crippen LogP contribution in [0.3, 0.4) is 0 Å². The van der Waals surface area contributed by atoms with Gasteiger partial charge in [0.05, 0.1) is 24.1 Å². The lowest BCUT2D eigenvalue weighted by Crippen LogP contribution is -2.42. The van der Waals surface area contributed by atoms with Crippen molar-refractivity contribution in [1.82, 2.24) is 15.3 Å². The molecule has 0 radical (unpaired) electrons. The number of anilines is 1. The van der Waals surface area contributed by atoms with E-state index in [9.17, 15) is 4.79 Å². The highest BCUT2D eigenvalue weighted by Crippen LogP contribution is 2.19. The quantitative estimate of drug-likeness (QED) is 0.627. The van der Waals surface area contributed by atoms with Crippen LogP contribution < -0.4 is 10.2 Å². The standard InChI is InChI=1S/C8H10N4O/c1-5-9-4-7-6(11-5)3-10-8(13)12(7)2/h4H,3H2,1-2H3,(H,10,13). The molecule has 0 atom stereocenters. The summed E-state index contributed by atoms with van der Waals surface area (Å²) in [6.07, 6.45) is 1.68. The number of urea groups is 1. The van der Waals surface area contributed by atoms with E-state index >= 15 is 0 Å². The van der Waals surface area contributed by atoms with E-state index in [0.717, 1.165) is 17.2 Å². The normalized spacial score (nSPS) is 15.2. The largest absolute Gasteiger partial charge is 0.332 e. The number of hydrogen-bond donors (Lipinski definition) is 1. The van der Waals surface area contributed by atoms with Crippen LogP contribution in [0.25, 0.3) is 0 Å². The van der Waals surface area contributed by atoms with Gasteiger partial charge in [0.15, 0.2) is 0 Å². The summed E-state index contributed by atoms with van der Waals surface area (Å²) in [4.78, 5) is 21.0. The first-order chi connectivity index (χ1) is 6.18. The Morgan fingerprint density at radius 2 is 2.38 bits per heavy atom. The fourth-order valence-electron chi connectivity index (χ4n) is 1.31. The second kappa shape index (κ2) is 2.69. The topological polar surface area (TPSA) is 58.1 Å². The van der Waals surface area contributed by atoms with Crippen LogP contribution >= 0.6 is 0 Å². The average molecular weight is 178 g/mol. The predicted octanol–water partition coefficient (Wildman–Crippen LogP) is 0.444. The molecule has 0 fully saturated rings. The number of fused-ring (bicyclic) bond motifs is 1. The Hall–Kier alpha value is -1.65. The zero-order chi connectivity index (χ0) is 9.42. The molecule has 0 saturated heterocycles. The lowest BCUT2D eigenvalue weighted by Gasteiger charge is -2.25. The summed E-state index contributed by atoms with van der Waals surface area (Å²) in [7, 11) is 1.70. The molecule has 0 aliphatic carbocycles. The molecule has 0 spiro atoms. The lowest BCUT2D eigenvalue weighted by molar-refractivity contribution is 0.245. The second-order valence-electron chi connectivity index (χ2n) is 2.97. The number of rotatable bonds is 0. The van der Waals surface area contributed by atoms with Crippen LogP contribution in [-0.2, 0) is 6.54 Å². The predicted molar refractivity (Wildman–Crippen MR) is 47.4 cm³/mol. The molecule has 2 amide bonds. The second-order valence-corrected chi connectivity index (χ2v) is 2.97. The van der Waals surface area contributed by atoms with Crippen molar-refractivity contribution >= 4 is 11.7 Å². The van der Waals surface area contributed by atoms with Crippen LogP contribution in [0.1, 0.15) is 11.5 Å². The van der Waals surface area contributed by atoms with Gasteiger partial charge in [-0.2, -0.15) is 0 Å². The van der Waals surface area contributed by atoms with Crippen molar-refractivity contribution in [2.45, 2.75) is 13.5 Å². The van der Waals surface area contributed by atoms with Crippen molar-refractivity contribution < 1.29 is 4.79 Å². The molecule has 1 aliphatic rings. The Balaban J connectivity index is 2.49. The van der Waals surface area contributed by atoms with E-state index in [2.05, 4.69) is 15.3 Å². The van der Waals surface area contributed by atoms with Crippen LogP contribution in [0, 0.1) is 6.92 Å². The molecule has 1 N–H and O–H groups in total. The number of carbonyl (C=O) groups is 1. The fraction of sp³-hybridized carbons (Fsp3) is 0.375. The van der Waals surface area contributed by atoms with E-state index in [1.807, 2.05) is 6.92 Å². The Kier molecular flexibility index (Phi) is 1.65. The Morgan fingerprint density at radius 3 is 3.15 bits per heavy atom. The maximum Gasteiger partial charge on any atom is 0.322 e. The smallest absolute Gasteiger partial charge is 0.322 e. The molecule has 2 heterocycles. The van der Waals surface area contributed by atoms with Gasteiger partial charge in [-0.3, -0.25) is 4.90 Å². The SMILES string of the molecule is Cc1ncc2c(n1)CNC(=O)N2C. The molecule has 0 aromatic carbocycles. The van der Waals surface area contributed by atoms with E-state index in [1.165, 1.54) is 4.90 Å². The van der Waals surface area contributed by atoms with Gasteiger partial charge in [-0.15, -0.1) is 0 Å². The number of nitrogens with one attached hydrogen (secondary N) is 1. The summed E-state index contributed by atoms with van der Waals surface area (Å²) in [5, 5.41) is 2.71. The maximum absolute atomic E-state index is 11.2. The molecule has 2 rings (SSSR count). The van der Waals surface area contributed by atoms with Crippen molar-refractivity contribution in [2.24, 2.45) is 0 Å². The zero-order valence-corrected chi connectivity index (χ0v) is 7.53. The minimum absolute atomic E-state index is 0.111. The third-order valence-electron chi connectivity index (χ3n) is 2.04. The summed E-state index contributed by atoms with van der Waals surface area (Å²) in [6.45, 7) is 2.32. The number of carbonyl (C=O) groups excluding carboxylic acids is 1. The van der Waals surface area contributed by atoms with Crippen LogP contribution in [0.2, 0.25) is 0 Å². The zero-order valence-electron chi connectivity index (χ0n) is 7.53. The van der Waals surface area contributed by atoms with Gasteiger partial charge in [0.1, 0.15) is 5.82 Å². The average Bonchev–Trinajstić information content (AvgIpc) is 2.12. The molecule has 68 valence electrons. The van der Waals surface area contributed by atoms with Crippen molar-refractivity contribution in [3.05, 3.63) is 17.7 Å². The number of aryl methyl sites for hydroxylation is 1.